The van der Waals surface area contributed by atoms with Gasteiger partial charge in [0.05, 0.1) is 11.1 Å². The zero-order valence-electron chi connectivity index (χ0n) is 20.5. The topological polar surface area (TPSA) is 26.0 Å². The summed E-state index contributed by atoms with van der Waals surface area (Å²) >= 11 is 0. The van der Waals surface area contributed by atoms with Crippen molar-refractivity contribution in [2.45, 2.75) is 6.18 Å². The monoisotopic (exact) mass is 515 g/mol. The van der Waals surface area contributed by atoms with E-state index in [1.165, 1.54) is 12.1 Å². The number of benzene rings is 5. The van der Waals surface area contributed by atoms with Crippen molar-refractivity contribution in [1.29, 1.82) is 0 Å². The first-order chi connectivity index (χ1) is 18.9. The molecule has 0 N–H and O–H groups in total. The summed E-state index contributed by atoms with van der Waals surface area (Å²) in [6.45, 7) is 0. The summed E-state index contributed by atoms with van der Waals surface area (Å²) in [5.74, 6) is 0. The lowest BCUT2D eigenvalue weighted by molar-refractivity contribution is -0.137. The van der Waals surface area contributed by atoms with Crippen LogP contribution in [0.3, 0.4) is 0 Å². The van der Waals surface area contributed by atoms with E-state index in [4.69, 9.17) is 4.42 Å². The van der Waals surface area contributed by atoms with Crippen LogP contribution < -0.4 is 0 Å². The van der Waals surface area contributed by atoms with E-state index in [-0.39, 0.29) is 0 Å². The number of para-hydroxylation sites is 2. The highest BCUT2D eigenvalue weighted by atomic mass is 19.4. The number of rotatable bonds is 3. The number of nitrogens with zero attached hydrogens (tertiary/aromatic N) is 1. The number of aromatic nitrogens is 1. The maximum absolute atomic E-state index is 12.9. The van der Waals surface area contributed by atoms with Gasteiger partial charge < -0.3 is 4.42 Å². The van der Waals surface area contributed by atoms with Crippen LogP contribution in [-0.4, -0.2) is 4.98 Å². The van der Waals surface area contributed by atoms with Crippen molar-refractivity contribution < 1.29 is 17.6 Å². The Bertz CT molecular complexity index is 1990. The molecule has 0 unspecified atom stereocenters. The summed E-state index contributed by atoms with van der Waals surface area (Å²) in [6, 6.07) is 35.7. The minimum Gasteiger partial charge on any atom is -0.455 e. The lowest BCUT2D eigenvalue weighted by Gasteiger charge is -2.09. The molecule has 5 aromatic carbocycles. The Morgan fingerprint density at radius 3 is 2.03 bits per heavy atom. The van der Waals surface area contributed by atoms with Crippen LogP contribution in [0.1, 0.15) is 5.56 Å². The predicted molar refractivity (Wildman–Crippen MR) is 150 cm³/mol. The lowest BCUT2D eigenvalue weighted by Crippen LogP contribution is -2.03. The summed E-state index contributed by atoms with van der Waals surface area (Å²) in [6.07, 6.45) is -2.52. The van der Waals surface area contributed by atoms with E-state index in [9.17, 15) is 13.2 Å². The number of hydrogen-bond donors (Lipinski definition) is 0. The van der Waals surface area contributed by atoms with Gasteiger partial charge in [-0.05, 0) is 52.6 Å². The Morgan fingerprint density at radius 2 is 1.23 bits per heavy atom. The normalized spacial score (nSPS) is 12.0. The molecule has 39 heavy (non-hydrogen) atoms. The van der Waals surface area contributed by atoms with Crippen LogP contribution in [0, 0.1) is 0 Å². The van der Waals surface area contributed by atoms with Crippen LogP contribution in [-0.2, 0) is 6.18 Å². The molecule has 7 aromatic rings. The zero-order valence-corrected chi connectivity index (χ0v) is 20.5. The Hall–Kier alpha value is -4.90. The van der Waals surface area contributed by atoms with Gasteiger partial charge in [-0.2, -0.15) is 13.2 Å². The van der Waals surface area contributed by atoms with Crippen LogP contribution in [0.15, 0.2) is 126 Å². The highest BCUT2D eigenvalue weighted by molar-refractivity contribution is 6.09. The van der Waals surface area contributed by atoms with E-state index >= 15 is 0 Å². The van der Waals surface area contributed by atoms with Gasteiger partial charge in [-0.1, -0.05) is 84.9 Å². The smallest absolute Gasteiger partial charge is 0.416 e. The van der Waals surface area contributed by atoms with Crippen molar-refractivity contribution in [3.05, 3.63) is 127 Å². The number of alkyl halides is 3. The molecule has 0 amide bonds. The fourth-order valence-electron chi connectivity index (χ4n) is 5.13. The van der Waals surface area contributed by atoms with Crippen LogP contribution in [0.25, 0.3) is 66.2 Å². The maximum Gasteiger partial charge on any atom is 0.416 e. The molecule has 2 aromatic heterocycles. The molecule has 2 heterocycles. The van der Waals surface area contributed by atoms with Gasteiger partial charge in [-0.15, -0.1) is 0 Å². The third kappa shape index (κ3) is 4.12. The molecule has 0 bridgehead atoms. The Kier molecular flexibility index (Phi) is 5.27. The van der Waals surface area contributed by atoms with E-state index in [2.05, 4.69) is 59.6 Å². The first-order valence-electron chi connectivity index (χ1n) is 12.5. The second-order valence-electron chi connectivity index (χ2n) is 9.56. The van der Waals surface area contributed by atoms with Crippen molar-refractivity contribution in [1.82, 2.24) is 4.98 Å². The molecule has 0 atom stereocenters. The van der Waals surface area contributed by atoms with Gasteiger partial charge in [0.2, 0.25) is 0 Å². The van der Waals surface area contributed by atoms with Gasteiger partial charge in [0.1, 0.15) is 11.2 Å². The molecule has 188 valence electrons. The zero-order chi connectivity index (χ0) is 26.6. The number of halogens is 3. The predicted octanol–water partition coefficient (Wildman–Crippen LogP) is 10.2. The third-order valence-electron chi connectivity index (χ3n) is 7.16. The first-order valence-corrected chi connectivity index (χ1v) is 12.5. The second kappa shape index (κ2) is 8.84. The van der Waals surface area contributed by atoms with E-state index < -0.39 is 11.7 Å². The van der Waals surface area contributed by atoms with Crippen molar-refractivity contribution >= 4 is 32.8 Å². The largest absolute Gasteiger partial charge is 0.455 e. The summed E-state index contributed by atoms with van der Waals surface area (Å²) in [7, 11) is 0. The summed E-state index contributed by atoms with van der Waals surface area (Å²) in [5, 5.41) is 3.16. The highest BCUT2D eigenvalue weighted by Crippen LogP contribution is 2.37. The molecule has 0 radical (unpaired) electrons. The van der Waals surface area contributed by atoms with E-state index in [0.717, 1.165) is 72.8 Å². The Morgan fingerprint density at radius 1 is 0.564 bits per heavy atom. The molecule has 0 fully saturated rings. The minimum atomic E-state index is -4.35. The first kappa shape index (κ1) is 23.2. The molecule has 0 aliphatic heterocycles. The quantitative estimate of drug-likeness (QED) is 0.234. The molecule has 0 aliphatic carbocycles. The van der Waals surface area contributed by atoms with Gasteiger partial charge in [0.25, 0.3) is 0 Å². The van der Waals surface area contributed by atoms with Crippen LogP contribution in [0.2, 0.25) is 0 Å². The SMILES string of the molecule is FC(F)(F)c1ccc(-c2ccc3cc(-c4ccc(-c5cccc6c5oc5ccccc56)cc4)cnc3c2)cc1. The summed E-state index contributed by atoms with van der Waals surface area (Å²) in [4.78, 5) is 4.65. The molecule has 0 aliphatic rings. The molecule has 7 rings (SSSR count). The summed E-state index contributed by atoms with van der Waals surface area (Å²) in [5.41, 5.74) is 7.55. The Balaban J connectivity index is 1.19. The number of pyridine rings is 1. The minimum absolute atomic E-state index is 0.657. The number of fused-ring (bicyclic) bond motifs is 4. The molecule has 2 nitrogen and oxygen atoms in total. The number of furan rings is 1. The van der Waals surface area contributed by atoms with Crippen molar-refractivity contribution in [3.63, 3.8) is 0 Å². The van der Waals surface area contributed by atoms with E-state index in [0.29, 0.717) is 5.56 Å². The van der Waals surface area contributed by atoms with Gasteiger partial charge in [0.15, 0.2) is 0 Å². The number of hydrogen-bond acceptors (Lipinski definition) is 2. The molecule has 5 heteroatoms. The maximum atomic E-state index is 12.9. The van der Waals surface area contributed by atoms with Crippen molar-refractivity contribution in [2.75, 3.05) is 0 Å². The van der Waals surface area contributed by atoms with Crippen LogP contribution >= 0.6 is 0 Å². The highest BCUT2D eigenvalue weighted by Gasteiger charge is 2.30. The molecule has 0 spiro atoms. The van der Waals surface area contributed by atoms with Gasteiger partial charge in [-0.25, -0.2) is 0 Å². The van der Waals surface area contributed by atoms with Gasteiger partial charge in [0, 0.05) is 33.5 Å². The average Bonchev–Trinajstić information content (AvgIpc) is 3.35. The standard InChI is InChI=1S/C34H20F3NO/c35-34(36,37)27-16-14-21(15-17-27)24-12-13-25-18-26(20-38-31(25)19-24)22-8-10-23(11-9-22)28-5-3-6-30-29-4-1-2-7-32(29)39-33(28)30/h1-20H. The van der Waals surface area contributed by atoms with E-state index in [1.807, 2.05) is 42.6 Å². The lowest BCUT2D eigenvalue weighted by atomic mass is 9.98. The van der Waals surface area contributed by atoms with Crippen LogP contribution in [0.5, 0.6) is 0 Å². The van der Waals surface area contributed by atoms with Gasteiger partial charge in [-0.3, -0.25) is 4.98 Å². The van der Waals surface area contributed by atoms with E-state index in [1.54, 1.807) is 0 Å². The third-order valence-corrected chi connectivity index (χ3v) is 7.16. The average molecular weight is 516 g/mol. The molecular formula is C34H20F3NO. The fourth-order valence-corrected chi connectivity index (χ4v) is 5.13. The fraction of sp³-hybridized carbons (Fsp3) is 0.0294. The van der Waals surface area contributed by atoms with Crippen molar-refractivity contribution in [3.8, 4) is 33.4 Å². The molecule has 0 saturated carbocycles. The van der Waals surface area contributed by atoms with Gasteiger partial charge >= 0.3 is 6.18 Å². The molecule has 0 saturated heterocycles. The Labute approximate surface area is 222 Å². The summed E-state index contributed by atoms with van der Waals surface area (Å²) < 4.78 is 44.9. The van der Waals surface area contributed by atoms with Crippen molar-refractivity contribution in [2.24, 2.45) is 0 Å². The second-order valence-corrected chi connectivity index (χ2v) is 9.56. The molecular weight excluding hydrogens is 495 g/mol. The van der Waals surface area contributed by atoms with Crippen LogP contribution in [0.4, 0.5) is 13.2 Å².